The summed E-state index contributed by atoms with van der Waals surface area (Å²) in [5.74, 6) is 0.493. The van der Waals surface area contributed by atoms with Crippen LogP contribution in [0.25, 0.3) is 0 Å². The van der Waals surface area contributed by atoms with Gasteiger partial charge in [-0.15, -0.1) is 10.2 Å². The van der Waals surface area contributed by atoms with E-state index in [2.05, 4.69) is 15.5 Å². The highest BCUT2D eigenvalue weighted by atomic mass is 16.3. The van der Waals surface area contributed by atoms with E-state index in [0.29, 0.717) is 25.3 Å². The highest BCUT2D eigenvalue weighted by Crippen LogP contribution is 1.96. The van der Waals surface area contributed by atoms with Gasteiger partial charge in [0.05, 0.1) is 0 Å². The molecular formula is C9H16N4O2. The number of aliphatic hydroxyl groups excluding tert-OH is 1. The lowest BCUT2D eigenvalue weighted by Crippen LogP contribution is -2.25. The van der Waals surface area contributed by atoms with Crippen molar-refractivity contribution in [2.45, 2.75) is 32.9 Å². The number of hydrogen-bond acceptors (Lipinski definition) is 4. The number of aromatic nitrogens is 3. The van der Waals surface area contributed by atoms with Crippen LogP contribution < -0.4 is 5.32 Å². The molecule has 0 unspecified atom stereocenters. The molecule has 0 bridgehead atoms. The maximum atomic E-state index is 11.3. The maximum absolute atomic E-state index is 11.3. The van der Waals surface area contributed by atoms with E-state index in [9.17, 15) is 4.79 Å². The standard InChI is InChI=1S/C9H16N4O2/c1-2-4-10-9(15)3-5-13-7-11-12-8(13)6-14/h7,14H,2-6H2,1H3,(H,10,15). The number of amides is 1. The summed E-state index contributed by atoms with van der Waals surface area (Å²) in [6.45, 7) is 3.05. The average Bonchev–Trinajstić information content (AvgIpc) is 2.70. The van der Waals surface area contributed by atoms with Crippen LogP contribution in [0.4, 0.5) is 0 Å². The third-order valence-corrected chi connectivity index (χ3v) is 1.99. The molecule has 1 rings (SSSR count). The Morgan fingerprint density at radius 1 is 1.67 bits per heavy atom. The number of carbonyl (C=O) groups excluding carboxylic acids is 1. The number of aryl methyl sites for hydroxylation is 1. The van der Waals surface area contributed by atoms with E-state index in [1.54, 1.807) is 4.57 Å². The van der Waals surface area contributed by atoms with Gasteiger partial charge in [0.2, 0.25) is 5.91 Å². The van der Waals surface area contributed by atoms with Gasteiger partial charge >= 0.3 is 0 Å². The third-order valence-electron chi connectivity index (χ3n) is 1.99. The van der Waals surface area contributed by atoms with Crippen molar-refractivity contribution >= 4 is 5.91 Å². The lowest BCUT2D eigenvalue weighted by atomic mass is 10.3. The van der Waals surface area contributed by atoms with E-state index >= 15 is 0 Å². The van der Waals surface area contributed by atoms with Gasteiger partial charge in [-0.25, -0.2) is 0 Å². The molecule has 84 valence electrons. The second-order valence-electron chi connectivity index (χ2n) is 3.20. The summed E-state index contributed by atoms with van der Waals surface area (Å²) >= 11 is 0. The molecule has 0 aromatic carbocycles. The largest absolute Gasteiger partial charge is 0.388 e. The van der Waals surface area contributed by atoms with Gasteiger partial charge in [0.15, 0.2) is 5.82 Å². The van der Waals surface area contributed by atoms with Crippen LogP contribution in [0.1, 0.15) is 25.6 Å². The number of nitrogens with one attached hydrogen (secondary N) is 1. The van der Waals surface area contributed by atoms with Crippen molar-refractivity contribution in [3.05, 3.63) is 12.2 Å². The molecule has 2 N–H and O–H groups in total. The van der Waals surface area contributed by atoms with E-state index in [-0.39, 0.29) is 12.5 Å². The summed E-state index contributed by atoms with van der Waals surface area (Å²) in [6.07, 6.45) is 2.82. The zero-order chi connectivity index (χ0) is 11.1. The SMILES string of the molecule is CCCNC(=O)CCn1cnnc1CO. The minimum Gasteiger partial charge on any atom is -0.388 e. The molecule has 0 spiro atoms. The van der Waals surface area contributed by atoms with Crippen LogP contribution in [0.5, 0.6) is 0 Å². The molecule has 0 fully saturated rings. The van der Waals surface area contributed by atoms with Crippen molar-refractivity contribution in [1.29, 1.82) is 0 Å². The summed E-state index contributed by atoms with van der Waals surface area (Å²) < 4.78 is 1.67. The van der Waals surface area contributed by atoms with E-state index in [4.69, 9.17) is 5.11 Å². The number of aliphatic hydroxyl groups is 1. The molecule has 1 heterocycles. The Labute approximate surface area is 88.3 Å². The van der Waals surface area contributed by atoms with Gasteiger partial charge in [-0.3, -0.25) is 4.79 Å². The van der Waals surface area contributed by atoms with Crippen LogP contribution in [0.15, 0.2) is 6.33 Å². The summed E-state index contributed by atoms with van der Waals surface area (Å²) in [5, 5.41) is 19.0. The lowest BCUT2D eigenvalue weighted by Gasteiger charge is -2.05. The summed E-state index contributed by atoms with van der Waals surface area (Å²) in [6, 6.07) is 0. The van der Waals surface area contributed by atoms with Crippen molar-refractivity contribution in [2.24, 2.45) is 0 Å². The quantitative estimate of drug-likeness (QED) is 0.677. The summed E-state index contributed by atoms with van der Waals surface area (Å²) in [7, 11) is 0. The Bertz CT molecular complexity index is 311. The Kier molecular flexibility index (Phi) is 4.76. The molecule has 1 aromatic heterocycles. The molecule has 1 amide bonds. The number of hydrogen-bond donors (Lipinski definition) is 2. The minimum atomic E-state index is -0.156. The first-order valence-electron chi connectivity index (χ1n) is 5.02. The fourth-order valence-electron chi connectivity index (χ4n) is 1.16. The molecule has 0 saturated heterocycles. The highest BCUT2D eigenvalue weighted by Gasteiger charge is 2.05. The topological polar surface area (TPSA) is 80.0 Å². The van der Waals surface area contributed by atoms with Crippen molar-refractivity contribution in [2.75, 3.05) is 6.54 Å². The van der Waals surface area contributed by atoms with Crippen molar-refractivity contribution in [3.63, 3.8) is 0 Å². The van der Waals surface area contributed by atoms with Gasteiger partial charge in [-0.2, -0.15) is 0 Å². The van der Waals surface area contributed by atoms with E-state index < -0.39 is 0 Å². The number of carbonyl (C=O) groups is 1. The van der Waals surface area contributed by atoms with Gasteiger partial charge in [0.25, 0.3) is 0 Å². The maximum Gasteiger partial charge on any atom is 0.221 e. The molecule has 1 aromatic rings. The van der Waals surface area contributed by atoms with Crippen LogP contribution in [0.2, 0.25) is 0 Å². The highest BCUT2D eigenvalue weighted by molar-refractivity contribution is 5.75. The van der Waals surface area contributed by atoms with Crippen molar-refractivity contribution in [3.8, 4) is 0 Å². The van der Waals surface area contributed by atoms with Gasteiger partial charge in [0.1, 0.15) is 12.9 Å². The Morgan fingerprint density at radius 2 is 2.47 bits per heavy atom. The zero-order valence-electron chi connectivity index (χ0n) is 8.81. The van der Waals surface area contributed by atoms with Crippen LogP contribution >= 0.6 is 0 Å². The molecule has 6 heteroatoms. The first-order chi connectivity index (χ1) is 7.27. The monoisotopic (exact) mass is 212 g/mol. The predicted octanol–water partition coefficient (Wildman–Crippen LogP) is -0.313. The summed E-state index contributed by atoms with van der Waals surface area (Å²) in [5.41, 5.74) is 0. The molecule has 0 atom stereocenters. The van der Waals surface area contributed by atoms with Crippen LogP contribution in [-0.2, 0) is 17.9 Å². The third kappa shape index (κ3) is 3.67. The fraction of sp³-hybridized carbons (Fsp3) is 0.667. The molecule has 15 heavy (non-hydrogen) atoms. The Balaban J connectivity index is 2.33. The first kappa shape index (κ1) is 11.6. The van der Waals surface area contributed by atoms with Crippen LogP contribution in [-0.4, -0.2) is 32.3 Å². The molecule has 6 nitrogen and oxygen atoms in total. The molecule has 0 aliphatic carbocycles. The van der Waals surface area contributed by atoms with Gasteiger partial charge < -0.3 is 15.0 Å². The minimum absolute atomic E-state index is 0.00874. The Morgan fingerprint density at radius 3 is 3.13 bits per heavy atom. The lowest BCUT2D eigenvalue weighted by molar-refractivity contribution is -0.121. The predicted molar refractivity (Wildman–Crippen MR) is 53.9 cm³/mol. The molecule has 0 aliphatic heterocycles. The second-order valence-corrected chi connectivity index (χ2v) is 3.20. The number of rotatable bonds is 6. The van der Waals surface area contributed by atoms with E-state index in [1.807, 2.05) is 6.92 Å². The molecular weight excluding hydrogens is 196 g/mol. The number of nitrogens with zero attached hydrogens (tertiary/aromatic N) is 3. The Hall–Kier alpha value is -1.43. The molecule has 0 radical (unpaired) electrons. The first-order valence-corrected chi connectivity index (χ1v) is 5.02. The zero-order valence-corrected chi connectivity index (χ0v) is 8.81. The van der Waals surface area contributed by atoms with Crippen molar-refractivity contribution in [1.82, 2.24) is 20.1 Å². The summed E-state index contributed by atoms with van der Waals surface area (Å²) in [4.78, 5) is 11.3. The van der Waals surface area contributed by atoms with Crippen LogP contribution in [0.3, 0.4) is 0 Å². The average molecular weight is 212 g/mol. The van der Waals surface area contributed by atoms with Crippen LogP contribution in [0, 0.1) is 0 Å². The fourth-order valence-corrected chi connectivity index (χ4v) is 1.16. The van der Waals surface area contributed by atoms with Gasteiger partial charge in [-0.1, -0.05) is 6.92 Å². The smallest absolute Gasteiger partial charge is 0.221 e. The normalized spacial score (nSPS) is 10.3. The van der Waals surface area contributed by atoms with Crippen molar-refractivity contribution < 1.29 is 9.90 Å². The van der Waals surface area contributed by atoms with Gasteiger partial charge in [-0.05, 0) is 6.42 Å². The molecule has 0 saturated carbocycles. The van der Waals surface area contributed by atoms with Gasteiger partial charge in [0, 0.05) is 19.5 Å². The second kappa shape index (κ2) is 6.13. The molecule has 0 aliphatic rings. The van der Waals surface area contributed by atoms with E-state index in [1.165, 1.54) is 6.33 Å². The van der Waals surface area contributed by atoms with E-state index in [0.717, 1.165) is 6.42 Å².